The molecule has 0 rings (SSSR count). The standard InChI is InChI=1S/C4H6N2O/c1-3-4(7)6-5-2/h3H,1-2H2,(H,6,7). The summed E-state index contributed by atoms with van der Waals surface area (Å²) < 4.78 is 0. The summed E-state index contributed by atoms with van der Waals surface area (Å²) in [4.78, 5) is 10.0. The Morgan fingerprint density at radius 1 is 1.86 bits per heavy atom. The van der Waals surface area contributed by atoms with Gasteiger partial charge in [0, 0.05) is 6.72 Å². The summed E-state index contributed by atoms with van der Waals surface area (Å²) >= 11 is 0. The minimum atomic E-state index is -0.338. The van der Waals surface area contributed by atoms with Crippen molar-refractivity contribution in [3.05, 3.63) is 12.7 Å². The van der Waals surface area contributed by atoms with E-state index in [0.29, 0.717) is 0 Å². The van der Waals surface area contributed by atoms with Crippen molar-refractivity contribution in [2.24, 2.45) is 5.10 Å². The largest absolute Gasteiger partial charge is 0.268 e. The van der Waals surface area contributed by atoms with Gasteiger partial charge in [-0.15, -0.1) is 0 Å². The highest BCUT2D eigenvalue weighted by Gasteiger charge is 1.82. The van der Waals surface area contributed by atoms with Gasteiger partial charge in [-0.25, -0.2) is 5.43 Å². The van der Waals surface area contributed by atoms with Crippen molar-refractivity contribution < 1.29 is 4.79 Å². The van der Waals surface area contributed by atoms with E-state index in [9.17, 15) is 4.79 Å². The summed E-state index contributed by atoms with van der Waals surface area (Å²) in [5.41, 5.74) is 2.05. The molecule has 0 saturated carbocycles. The zero-order valence-electron chi connectivity index (χ0n) is 3.85. The molecule has 0 aliphatic heterocycles. The SMILES string of the molecule is C=CC(=O)NN=C. The molecule has 0 atom stereocenters. The average molecular weight is 98.1 g/mol. The van der Waals surface area contributed by atoms with E-state index in [1.54, 1.807) is 0 Å². The second-order valence-corrected chi connectivity index (χ2v) is 0.838. The number of carbonyl (C=O) groups excluding carboxylic acids is 1. The highest BCUT2D eigenvalue weighted by molar-refractivity contribution is 5.86. The fourth-order valence-electron chi connectivity index (χ4n) is 0.124. The van der Waals surface area contributed by atoms with Gasteiger partial charge >= 0.3 is 0 Å². The van der Waals surface area contributed by atoms with Gasteiger partial charge in [0.05, 0.1) is 0 Å². The molecule has 0 heterocycles. The molecule has 0 radical (unpaired) electrons. The Balaban J connectivity index is 3.36. The molecule has 0 saturated heterocycles. The van der Waals surface area contributed by atoms with Gasteiger partial charge < -0.3 is 0 Å². The normalized spacial score (nSPS) is 6.86. The average Bonchev–Trinajstić information content (AvgIpc) is 1.68. The minimum Gasteiger partial charge on any atom is -0.268 e. The molecule has 3 nitrogen and oxygen atoms in total. The Morgan fingerprint density at radius 2 is 2.43 bits per heavy atom. The molecule has 0 fully saturated rings. The van der Waals surface area contributed by atoms with Gasteiger partial charge in [-0.2, -0.15) is 5.10 Å². The number of hydrogen-bond acceptors (Lipinski definition) is 2. The van der Waals surface area contributed by atoms with Gasteiger partial charge in [0.25, 0.3) is 5.91 Å². The van der Waals surface area contributed by atoms with Crippen molar-refractivity contribution in [3.63, 3.8) is 0 Å². The first-order chi connectivity index (χ1) is 3.31. The fourth-order valence-corrected chi connectivity index (χ4v) is 0.124. The lowest BCUT2D eigenvalue weighted by Gasteiger charge is -1.84. The lowest BCUT2D eigenvalue weighted by molar-refractivity contribution is -0.116. The first-order valence-electron chi connectivity index (χ1n) is 1.69. The van der Waals surface area contributed by atoms with Crippen LogP contribution in [0.3, 0.4) is 0 Å². The monoisotopic (exact) mass is 98.0 g/mol. The Kier molecular flexibility index (Phi) is 2.59. The van der Waals surface area contributed by atoms with Gasteiger partial charge in [-0.05, 0) is 6.08 Å². The van der Waals surface area contributed by atoms with Gasteiger partial charge in [0.15, 0.2) is 0 Å². The van der Waals surface area contributed by atoms with Crippen LogP contribution in [0.25, 0.3) is 0 Å². The number of nitrogens with zero attached hydrogens (tertiary/aromatic N) is 1. The Morgan fingerprint density at radius 3 is 2.57 bits per heavy atom. The van der Waals surface area contributed by atoms with Crippen molar-refractivity contribution >= 4 is 12.6 Å². The van der Waals surface area contributed by atoms with Crippen LogP contribution < -0.4 is 5.43 Å². The summed E-state index contributed by atoms with van der Waals surface area (Å²) in [6, 6.07) is 0. The molecule has 0 aliphatic carbocycles. The molecule has 3 heteroatoms. The molecule has 0 aromatic heterocycles. The van der Waals surface area contributed by atoms with Crippen molar-refractivity contribution in [1.29, 1.82) is 0 Å². The molecule has 38 valence electrons. The molecule has 0 unspecified atom stereocenters. The van der Waals surface area contributed by atoms with Crippen molar-refractivity contribution in [1.82, 2.24) is 5.43 Å². The number of hydrazone groups is 1. The molecule has 0 aromatic rings. The summed E-state index contributed by atoms with van der Waals surface area (Å²) in [5, 5.41) is 3.09. The smallest absolute Gasteiger partial charge is 0.263 e. The molecule has 0 aliphatic rings. The van der Waals surface area contributed by atoms with Crippen LogP contribution >= 0.6 is 0 Å². The Hall–Kier alpha value is -1.12. The fraction of sp³-hybridized carbons (Fsp3) is 0. The molecule has 0 aromatic carbocycles. The van der Waals surface area contributed by atoms with Gasteiger partial charge in [-0.1, -0.05) is 6.58 Å². The summed E-state index contributed by atoms with van der Waals surface area (Å²) in [7, 11) is 0. The Bertz CT molecular complexity index is 97.9. The summed E-state index contributed by atoms with van der Waals surface area (Å²) in [6.45, 7) is 6.20. The highest BCUT2D eigenvalue weighted by Crippen LogP contribution is 1.61. The second kappa shape index (κ2) is 3.08. The van der Waals surface area contributed by atoms with Crippen LogP contribution in [0, 0.1) is 0 Å². The third-order valence-corrected chi connectivity index (χ3v) is 0.375. The third kappa shape index (κ3) is 2.69. The number of rotatable bonds is 2. The van der Waals surface area contributed by atoms with Crippen LogP contribution in [-0.4, -0.2) is 12.6 Å². The quantitative estimate of drug-likeness (QED) is 0.292. The van der Waals surface area contributed by atoms with Gasteiger partial charge in [0.2, 0.25) is 0 Å². The van der Waals surface area contributed by atoms with E-state index >= 15 is 0 Å². The maximum atomic E-state index is 10.0. The zero-order valence-corrected chi connectivity index (χ0v) is 3.85. The summed E-state index contributed by atoms with van der Waals surface area (Å²) in [6.07, 6.45) is 1.12. The van der Waals surface area contributed by atoms with E-state index in [-0.39, 0.29) is 5.91 Å². The topological polar surface area (TPSA) is 41.5 Å². The van der Waals surface area contributed by atoms with Crippen molar-refractivity contribution in [2.75, 3.05) is 0 Å². The first kappa shape index (κ1) is 5.88. The van der Waals surface area contributed by atoms with Crippen LogP contribution in [0.4, 0.5) is 0 Å². The molecule has 0 spiro atoms. The Labute approximate surface area is 41.7 Å². The van der Waals surface area contributed by atoms with E-state index in [1.807, 2.05) is 0 Å². The van der Waals surface area contributed by atoms with Crippen LogP contribution in [0.5, 0.6) is 0 Å². The molecule has 0 bridgehead atoms. The van der Waals surface area contributed by atoms with Crippen molar-refractivity contribution in [2.45, 2.75) is 0 Å². The molecule has 7 heavy (non-hydrogen) atoms. The van der Waals surface area contributed by atoms with Gasteiger partial charge in [-0.3, -0.25) is 4.79 Å². The first-order valence-corrected chi connectivity index (χ1v) is 1.69. The van der Waals surface area contributed by atoms with Crippen LogP contribution in [-0.2, 0) is 4.79 Å². The lowest BCUT2D eigenvalue weighted by atomic mass is 10.6. The number of hydrogen-bond donors (Lipinski definition) is 1. The second-order valence-electron chi connectivity index (χ2n) is 0.838. The van der Waals surface area contributed by atoms with Crippen LogP contribution in [0.1, 0.15) is 0 Å². The van der Waals surface area contributed by atoms with E-state index in [2.05, 4.69) is 23.8 Å². The minimum absolute atomic E-state index is 0.338. The molecular weight excluding hydrogens is 92.1 g/mol. The number of amides is 1. The summed E-state index contributed by atoms with van der Waals surface area (Å²) in [5.74, 6) is -0.338. The highest BCUT2D eigenvalue weighted by atomic mass is 16.2. The number of carbonyl (C=O) groups is 1. The van der Waals surface area contributed by atoms with E-state index in [1.165, 1.54) is 0 Å². The maximum Gasteiger partial charge on any atom is 0.263 e. The van der Waals surface area contributed by atoms with E-state index < -0.39 is 0 Å². The lowest BCUT2D eigenvalue weighted by Crippen LogP contribution is -2.11. The predicted molar refractivity (Wildman–Crippen MR) is 27.9 cm³/mol. The van der Waals surface area contributed by atoms with Crippen LogP contribution in [0.2, 0.25) is 0 Å². The number of nitrogens with one attached hydrogen (secondary N) is 1. The predicted octanol–water partition coefficient (Wildman–Crippen LogP) is -0.0958. The van der Waals surface area contributed by atoms with E-state index in [0.717, 1.165) is 6.08 Å². The van der Waals surface area contributed by atoms with E-state index in [4.69, 9.17) is 0 Å². The van der Waals surface area contributed by atoms with Gasteiger partial charge in [0.1, 0.15) is 0 Å². The molecular formula is C4H6N2O. The molecule has 1 amide bonds. The third-order valence-electron chi connectivity index (χ3n) is 0.375. The maximum absolute atomic E-state index is 10.0. The zero-order chi connectivity index (χ0) is 5.70. The molecule has 1 N–H and O–H groups in total. The van der Waals surface area contributed by atoms with Crippen LogP contribution in [0.15, 0.2) is 17.8 Å². The van der Waals surface area contributed by atoms with Crippen molar-refractivity contribution in [3.8, 4) is 0 Å².